The van der Waals surface area contributed by atoms with E-state index in [9.17, 15) is 31.1 Å². The lowest BCUT2D eigenvalue weighted by atomic mass is 10.1. The Morgan fingerprint density at radius 3 is 2.28 bits per heavy atom. The molecule has 0 bridgehead atoms. The Kier molecular flexibility index (Phi) is 6.98. The second-order valence-electron chi connectivity index (χ2n) is 5.61. The first-order chi connectivity index (χ1) is 13.5. The number of benzene rings is 2. The summed E-state index contributed by atoms with van der Waals surface area (Å²) in [7, 11) is 0. The van der Waals surface area contributed by atoms with Crippen LogP contribution >= 0.6 is 0 Å². The number of carbonyl (C=O) groups is 1. The highest BCUT2D eigenvalue weighted by Gasteiger charge is 2.31. The van der Waals surface area contributed by atoms with Gasteiger partial charge in [-0.05, 0) is 35.9 Å². The van der Waals surface area contributed by atoms with Gasteiger partial charge in [0.25, 0.3) is 0 Å². The minimum Gasteiger partial charge on any atom is -0.406 e. The Hall–Kier alpha value is -3.35. The van der Waals surface area contributed by atoms with E-state index in [1.165, 1.54) is 24.3 Å². The second kappa shape index (κ2) is 9.23. The number of halogens is 6. The summed E-state index contributed by atoms with van der Waals surface area (Å²) in [6, 6.07) is 8.82. The zero-order chi connectivity index (χ0) is 21.5. The molecule has 2 rings (SSSR count). The Morgan fingerprint density at radius 2 is 1.66 bits per heavy atom. The third kappa shape index (κ3) is 8.04. The van der Waals surface area contributed by atoms with Crippen LogP contribution < -0.4 is 15.4 Å². The molecular formula is C19H14F6N2O2. The number of hydrogen-bond acceptors (Lipinski definition) is 2. The fourth-order valence-corrected chi connectivity index (χ4v) is 2.10. The molecule has 154 valence electrons. The van der Waals surface area contributed by atoms with Gasteiger partial charge in [0.05, 0.1) is 12.1 Å². The SMILES string of the molecule is O=C(NCC#Cc1cccc(C(F)(F)F)c1)NCc1ccc(OC(F)(F)F)cc1. The van der Waals surface area contributed by atoms with E-state index in [4.69, 9.17) is 0 Å². The van der Waals surface area contributed by atoms with Crippen molar-refractivity contribution in [1.29, 1.82) is 0 Å². The molecule has 2 amide bonds. The highest BCUT2D eigenvalue weighted by molar-refractivity contribution is 5.74. The molecule has 2 N–H and O–H groups in total. The van der Waals surface area contributed by atoms with Gasteiger partial charge in [-0.25, -0.2) is 4.79 Å². The summed E-state index contributed by atoms with van der Waals surface area (Å²) in [6.45, 7) is -0.0698. The van der Waals surface area contributed by atoms with Crippen LogP contribution in [0.2, 0.25) is 0 Å². The number of ether oxygens (including phenoxy) is 1. The molecule has 0 atom stereocenters. The van der Waals surface area contributed by atoms with E-state index < -0.39 is 24.1 Å². The molecule has 29 heavy (non-hydrogen) atoms. The molecule has 2 aromatic rings. The summed E-state index contributed by atoms with van der Waals surface area (Å²) < 4.78 is 77.8. The van der Waals surface area contributed by atoms with Crippen LogP contribution in [0.1, 0.15) is 16.7 Å². The Balaban J connectivity index is 1.78. The molecule has 10 heteroatoms. The summed E-state index contributed by atoms with van der Waals surface area (Å²) in [6.07, 6.45) is -9.25. The monoisotopic (exact) mass is 416 g/mol. The van der Waals surface area contributed by atoms with E-state index in [1.807, 2.05) is 0 Å². The van der Waals surface area contributed by atoms with Crippen molar-refractivity contribution in [2.45, 2.75) is 19.1 Å². The first kappa shape index (κ1) is 21.9. The van der Waals surface area contributed by atoms with Gasteiger partial charge in [0.15, 0.2) is 0 Å². The number of carbonyl (C=O) groups excluding carboxylic acids is 1. The van der Waals surface area contributed by atoms with Gasteiger partial charge in [0, 0.05) is 12.1 Å². The molecule has 4 nitrogen and oxygen atoms in total. The molecule has 0 aromatic heterocycles. The van der Waals surface area contributed by atoms with Gasteiger partial charge in [-0.15, -0.1) is 13.2 Å². The summed E-state index contributed by atoms with van der Waals surface area (Å²) in [4.78, 5) is 11.7. The van der Waals surface area contributed by atoms with Crippen LogP contribution in [0, 0.1) is 11.8 Å². The molecule has 0 aliphatic rings. The fraction of sp³-hybridized carbons (Fsp3) is 0.211. The van der Waals surface area contributed by atoms with Crippen LogP contribution in [0.25, 0.3) is 0 Å². The average molecular weight is 416 g/mol. The molecule has 0 saturated heterocycles. The Labute approximate surface area is 161 Å². The maximum Gasteiger partial charge on any atom is 0.573 e. The molecule has 0 spiro atoms. The number of rotatable bonds is 4. The first-order valence-corrected chi connectivity index (χ1v) is 8.05. The van der Waals surface area contributed by atoms with Crippen LogP contribution in [0.15, 0.2) is 48.5 Å². The molecule has 0 aliphatic carbocycles. The minimum atomic E-state index is -4.78. The van der Waals surface area contributed by atoms with E-state index in [-0.39, 0.29) is 24.4 Å². The zero-order valence-corrected chi connectivity index (χ0v) is 14.6. The van der Waals surface area contributed by atoms with Crippen molar-refractivity contribution in [1.82, 2.24) is 10.6 Å². The molecule has 0 saturated carbocycles. The largest absolute Gasteiger partial charge is 0.573 e. The molecule has 0 radical (unpaired) electrons. The van der Waals surface area contributed by atoms with Gasteiger partial charge >= 0.3 is 18.6 Å². The Bertz CT molecular complexity index is 896. The minimum absolute atomic E-state index is 0.0409. The van der Waals surface area contributed by atoms with Gasteiger partial charge in [0.2, 0.25) is 0 Å². The lowest BCUT2D eigenvalue weighted by Crippen LogP contribution is -2.35. The van der Waals surface area contributed by atoms with Crippen LogP contribution in [0.3, 0.4) is 0 Å². The van der Waals surface area contributed by atoms with Crippen molar-refractivity contribution in [3.8, 4) is 17.6 Å². The third-order valence-electron chi connectivity index (χ3n) is 3.37. The van der Waals surface area contributed by atoms with E-state index in [1.54, 1.807) is 0 Å². The number of amides is 2. The number of alkyl halides is 6. The molecule has 2 aromatic carbocycles. The second-order valence-corrected chi connectivity index (χ2v) is 5.61. The van der Waals surface area contributed by atoms with E-state index >= 15 is 0 Å². The maximum absolute atomic E-state index is 12.6. The van der Waals surface area contributed by atoms with Crippen molar-refractivity contribution >= 4 is 6.03 Å². The van der Waals surface area contributed by atoms with E-state index in [0.717, 1.165) is 24.3 Å². The van der Waals surface area contributed by atoms with Crippen LogP contribution in [0.5, 0.6) is 5.75 Å². The average Bonchev–Trinajstić information content (AvgIpc) is 2.63. The van der Waals surface area contributed by atoms with Crippen molar-refractivity contribution in [3.05, 3.63) is 65.2 Å². The number of hydrogen-bond donors (Lipinski definition) is 2. The lowest BCUT2D eigenvalue weighted by molar-refractivity contribution is -0.274. The summed E-state index contributed by atoms with van der Waals surface area (Å²) in [5.41, 5.74) is -0.130. The summed E-state index contributed by atoms with van der Waals surface area (Å²) >= 11 is 0. The topological polar surface area (TPSA) is 50.4 Å². The van der Waals surface area contributed by atoms with Crippen LogP contribution in [-0.2, 0) is 12.7 Å². The number of nitrogens with one attached hydrogen (secondary N) is 2. The normalized spacial score (nSPS) is 11.2. The third-order valence-corrected chi connectivity index (χ3v) is 3.37. The van der Waals surface area contributed by atoms with Gasteiger partial charge in [-0.1, -0.05) is 30.0 Å². The molecular weight excluding hydrogens is 402 g/mol. The molecule has 0 unspecified atom stereocenters. The predicted molar refractivity (Wildman–Crippen MR) is 91.7 cm³/mol. The quantitative estimate of drug-likeness (QED) is 0.572. The van der Waals surface area contributed by atoms with E-state index in [2.05, 4.69) is 27.2 Å². The smallest absolute Gasteiger partial charge is 0.406 e. The Morgan fingerprint density at radius 1 is 0.966 bits per heavy atom. The number of urea groups is 1. The van der Waals surface area contributed by atoms with Crippen molar-refractivity contribution in [3.63, 3.8) is 0 Å². The van der Waals surface area contributed by atoms with Gasteiger partial charge in [-0.2, -0.15) is 13.2 Å². The zero-order valence-electron chi connectivity index (χ0n) is 14.6. The molecule has 0 fully saturated rings. The van der Waals surface area contributed by atoms with Crippen molar-refractivity contribution in [2.75, 3.05) is 6.54 Å². The van der Waals surface area contributed by atoms with Crippen LogP contribution in [0.4, 0.5) is 31.1 Å². The van der Waals surface area contributed by atoms with Gasteiger partial charge in [-0.3, -0.25) is 0 Å². The van der Waals surface area contributed by atoms with Crippen LogP contribution in [-0.4, -0.2) is 18.9 Å². The van der Waals surface area contributed by atoms with Gasteiger partial charge < -0.3 is 15.4 Å². The van der Waals surface area contributed by atoms with E-state index in [0.29, 0.717) is 5.56 Å². The van der Waals surface area contributed by atoms with Gasteiger partial charge in [0.1, 0.15) is 5.75 Å². The molecule has 0 aliphatic heterocycles. The summed E-state index contributed by atoms with van der Waals surface area (Å²) in [5.74, 6) is 4.66. The molecule has 0 heterocycles. The predicted octanol–water partition coefficient (Wildman–Crippen LogP) is 4.45. The maximum atomic E-state index is 12.6. The highest BCUT2D eigenvalue weighted by Crippen LogP contribution is 2.29. The fourth-order valence-electron chi connectivity index (χ4n) is 2.10. The summed E-state index contributed by atoms with van der Waals surface area (Å²) in [5, 5.41) is 4.86. The van der Waals surface area contributed by atoms with Crippen molar-refractivity contribution < 1.29 is 35.9 Å². The standard InChI is InChI=1S/C19H14F6N2O2/c20-18(21,22)15-5-1-3-13(11-15)4-2-10-26-17(28)27-12-14-6-8-16(9-7-14)29-19(23,24)25/h1,3,5-9,11H,10,12H2,(H2,26,27,28). The first-order valence-electron chi connectivity index (χ1n) is 8.05. The van der Waals surface area contributed by atoms with Crippen molar-refractivity contribution in [2.24, 2.45) is 0 Å². The lowest BCUT2D eigenvalue weighted by Gasteiger charge is -2.09. The highest BCUT2D eigenvalue weighted by atomic mass is 19.4.